The van der Waals surface area contributed by atoms with Crippen LogP contribution in [0.3, 0.4) is 0 Å². The van der Waals surface area contributed by atoms with Crippen LogP contribution in [0.2, 0.25) is 0 Å². The molecule has 0 bridgehead atoms. The molecule has 0 aliphatic heterocycles. The number of pyridine rings is 2. The van der Waals surface area contributed by atoms with E-state index in [0.29, 0.717) is 17.3 Å². The molecule has 0 radical (unpaired) electrons. The van der Waals surface area contributed by atoms with Crippen molar-refractivity contribution in [2.24, 2.45) is 5.92 Å². The molecule has 0 unspecified atom stereocenters. The molecular formula is C25H30FN9O3. The van der Waals surface area contributed by atoms with Gasteiger partial charge < -0.3 is 25.4 Å². The second-order valence-electron chi connectivity index (χ2n) is 9.97. The molecule has 1 fully saturated rings. The third-order valence-corrected chi connectivity index (χ3v) is 5.74. The van der Waals surface area contributed by atoms with Crippen LogP contribution in [-0.2, 0) is 4.74 Å². The number of alkyl carbamates (subject to hydrolysis) is 1. The molecule has 2 atom stereocenters. The number of carbonyl (C=O) groups excluding carboxylic acids is 1. The summed E-state index contributed by atoms with van der Waals surface area (Å²) in [5, 5.41) is 26.8. The van der Waals surface area contributed by atoms with Gasteiger partial charge in [-0.1, -0.05) is 0 Å². The molecule has 200 valence electrons. The molecule has 3 aromatic heterocycles. The fourth-order valence-corrected chi connectivity index (χ4v) is 3.91. The molecule has 38 heavy (non-hydrogen) atoms. The largest absolute Gasteiger partial charge is 0.479 e. The summed E-state index contributed by atoms with van der Waals surface area (Å²) in [4.78, 5) is 22.4. The van der Waals surface area contributed by atoms with Gasteiger partial charge in [0, 0.05) is 6.04 Å². The van der Waals surface area contributed by atoms with Gasteiger partial charge in [-0.3, -0.25) is 0 Å². The number of nitrogens with zero attached hydrogens (tertiary/aromatic N) is 6. The van der Waals surface area contributed by atoms with Crippen molar-refractivity contribution in [2.75, 3.05) is 17.7 Å². The Morgan fingerprint density at radius 3 is 2.55 bits per heavy atom. The van der Waals surface area contributed by atoms with Crippen molar-refractivity contribution in [1.29, 1.82) is 5.26 Å². The summed E-state index contributed by atoms with van der Waals surface area (Å²) in [6.45, 7) is 7.21. The van der Waals surface area contributed by atoms with Crippen molar-refractivity contribution in [1.82, 2.24) is 30.3 Å². The highest BCUT2D eigenvalue weighted by Crippen LogP contribution is 2.35. The standard InChI is InChI=1S/C25H30FN9O3/c1-14(20(15-6-7-15)33-24(36)38-25(2,3)4)31-22-18(26)10-16(12-27)21(34-22)32-17-11-19(23(37-5)28-13-17)35-29-8-9-30-35/h8-11,13-15,20H,6-7H2,1-5H3,(H,33,36)(H2,31,32,34)/t14-,20-/m1/s1. The number of amides is 1. The number of ether oxygens (including phenoxy) is 2. The Bertz CT molecular complexity index is 1330. The lowest BCUT2D eigenvalue weighted by molar-refractivity contribution is 0.0493. The number of anilines is 3. The number of halogens is 1. The molecule has 1 aliphatic rings. The predicted octanol–water partition coefficient (Wildman–Crippen LogP) is 3.92. The Morgan fingerprint density at radius 2 is 1.95 bits per heavy atom. The van der Waals surface area contributed by atoms with Gasteiger partial charge in [0.1, 0.15) is 17.4 Å². The first kappa shape index (κ1) is 26.6. The van der Waals surface area contributed by atoms with Crippen molar-refractivity contribution in [3.63, 3.8) is 0 Å². The summed E-state index contributed by atoms with van der Waals surface area (Å²) >= 11 is 0. The Kier molecular flexibility index (Phi) is 7.61. The van der Waals surface area contributed by atoms with Gasteiger partial charge in [0.25, 0.3) is 0 Å². The van der Waals surface area contributed by atoms with Crippen LogP contribution in [0.4, 0.5) is 26.5 Å². The van der Waals surface area contributed by atoms with Crippen LogP contribution in [0.25, 0.3) is 5.69 Å². The quantitative estimate of drug-likeness (QED) is 0.376. The number of rotatable bonds is 9. The summed E-state index contributed by atoms with van der Waals surface area (Å²) in [5.74, 6) is -0.105. The van der Waals surface area contributed by atoms with Crippen LogP contribution >= 0.6 is 0 Å². The third-order valence-electron chi connectivity index (χ3n) is 5.74. The minimum absolute atomic E-state index is 0.000841. The van der Waals surface area contributed by atoms with Gasteiger partial charge in [-0.15, -0.1) is 4.80 Å². The maximum absolute atomic E-state index is 15.0. The Balaban J connectivity index is 1.56. The van der Waals surface area contributed by atoms with Gasteiger partial charge in [-0.25, -0.2) is 19.2 Å². The fraction of sp³-hybridized carbons (Fsp3) is 0.440. The molecule has 4 rings (SSSR count). The Hall–Kier alpha value is -4.47. The van der Waals surface area contributed by atoms with E-state index in [-0.39, 0.29) is 35.2 Å². The number of methoxy groups -OCH3 is 1. The summed E-state index contributed by atoms with van der Waals surface area (Å²) in [6, 6.07) is 4.05. The highest BCUT2D eigenvalue weighted by molar-refractivity contribution is 5.69. The maximum atomic E-state index is 15.0. The van der Waals surface area contributed by atoms with E-state index >= 15 is 0 Å². The van der Waals surface area contributed by atoms with Crippen molar-refractivity contribution in [3.8, 4) is 17.6 Å². The Morgan fingerprint density at radius 1 is 1.24 bits per heavy atom. The van der Waals surface area contributed by atoms with Crippen LogP contribution in [0.5, 0.6) is 5.88 Å². The zero-order chi connectivity index (χ0) is 27.4. The minimum atomic E-state index is -0.694. The predicted molar refractivity (Wildman–Crippen MR) is 137 cm³/mol. The number of hydrogen-bond acceptors (Lipinski definition) is 10. The monoisotopic (exact) mass is 523 g/mol. The smallest absolute Gasteiger partial charge is 0.407 e. The van der Waals surface area contributed by atoms with E-state index in [1.807, 2.05) is 13.0 Å². The van der Waals surface area contributed by atoms with Crippen LogP contribution in [0, 0.1) is 23.1 Å². The molecule has 12 nitrogen and oxygen atoms in total. The van der Waals surface area contributed by atoms with Crippen LogP contribution in [0.1, 0.15) is 46.1 Å². The highest BCUT2D eigenvalue weighted by Gasteiger charge is 2.37. The molecule has 0 spiro atoms. The summed E-state index contributed by atoms with van der Waals surface area (Å²) in [7, 11) is 1.48. The lowest BCUT2D eigenvalue weighted by Crippen LogP contribution is -2.48. The minimum Gasteiger partial charge on any atom is -0.479 e. The molecule has 13 heteroatoms. The molecule has 0 saturated heterocycles. The zero-order valence-corrected chi connectivity index (χ0v) is 21.8. The van der Waals surface area contributed by atoms with Crippen molar-refractivity contribution in [3.05, 3.63) is 42.1 Å². The lowest BCUT2D eigenvalue weighted by atomic mass is 10.1. The van der Waals surface area contributed by atoms with Gasteiger partial charge in [0.15, 0.2) is 17.5 Å². The Labute approximate surface area is 219 Å². The first-order valence-corrected chi connectivity index (χ1v) is 12.1. The van der Waals surface area contributed by atoms with E-state index in [4.69, 9.17) is 9.47 Å². The highest BCUT2D eigenvalue weighted by atomic mass is 19.1. The first-order chi connectivity index (χ1) is 18.1. The number of carbonyl (C=O) groups is 1. The van der Waals surface area contributed by atoms with E-state index in [1.165, 1.54) is 30.5 Å². The van der Waals surface area contributed by atoms with Gasteiger partial charge in [0.05, 0.1) is 43.0 Å². The summed E-state index contributed by atoms with van der Waals surface area (Å²) < 4.78 is 25.7. The van der Waals surface area contributed by atoms with Crippen molar-refractivity contribution >= 4 is 23.4 Å². The van der Waals surface area contributed by atoms with E-state index in [9.17, 15) is 14.4 Å². The van der Waals surface area contributed by atoms with Crippen LogP contribution in [-0.4, -0.2) is 55.8 Å². The summed E-state index contributed by atoms with van der Waals surface area (Å²) in [6.07, 6.45) is 5.87. The van der Waals surface area contributed by atoms with Crippen LogP contribution < -0.4 is 20.7 Å². The molecule has 3 heterocycles. The second-order valence-corrected chi connectivity index (χ2v) is 9.97. The van der Waals surface area contributed by atoms with Crippen LogP contribution in [0.15, 0.2) is 30.7 Å². The molecular weight excluding hydrogens is 493 g/mol. The molecule has 1 aliphatic carbocycles. The van der Waals surface area contributed by atoms with E-state index in [1.54, 1.807) is 26.8 Å². The van der Waals surface area contributed by atoms with Gasteiger partial charge in [0.2, 0.25) is 5.88 Å². The van der Waals surface area contributed by atoms with E-state index in [2.05, 4.69) is 36.1 Å². The molecule has 3 N–H and O–H groups in total. The number of nitriles is 1. The normalized spacial score (nSPS) is 14.7. The third kappa shape index (κ3) is 6.44. The fourth-order valence-electron chi connectivity index (χ4n) is 3.91. The zero-order valence-electron chi connectivity index (χ0n) is 21.8. The summed E-state index contributed by atoms with van der Waals surface area (Å²) in [5.41, 5.74) is 0.270. The average Bonchev–Trinajstić information content (AvgIpc) is 3.55. The molecule has 3 aromatic rings. The maximum Gasteiger partial charge on any atom is 0.407 e. The number of hydrogen-bond donors (Lipinski definition) is 3. The number of nitrogens with one attached hydrogen (secondary N) is 3. The van der Waals surface area contributed by atoms with Gasteiger partial charge in [-0.05, 0) is 58.6 Å². The molecule has 0 aromatic carbocycles. The van der Waals surface area contributed by atoms with Gasteiger partial charge >= 0.3 is 6.09 Å². The number of aromatic nitrogens is 5. The van der Waals surface area contributed by atoms with Crippen molar-refractivity contribution in [2.45, 2.75) is 58.2 Å². The van der Waals surface area contributed by atoms with E-state index < -0.39 is 17.5 Å². The SMILES string of the molecule is COc1ncc(Nc2nc(N[C@H](C)[C@@H](NC(=O)OC(C)(C)C)C3CC3)c(F)cc2C#N)cc1-n1nccn1. The topological polar surface area (TPSA) is 152 Å². The second kappa shape index (κ2) is 10.9. The molecule has 1 amide bonds. The van der Waals surface area contributed by atoms with Crippen molar-refractivity contribution < 1.29 is 18.7 Å². The first-order valence-electron chi connectivity index (χ1n) is 12.1. The lowest BCUT2D eigenvalue weighted by Gasteiger charge is -2.28. The van der Waals surface area contributed by atoms with E-state index in [0.717, 1.165) is 18.9 Å². The van der Waals surface area contributed by atoms with Gasteiger partial charge in [-0.2, -0.15) is 15.5 Å². The average molecular weight is 524 g/mol. The molecule has 1 saturated carbocycles.